The molecule has 0 aromatic heterocycles. The second-order valence-corrected chi connectivity index (χ2v) is 7.04. The van der Waals surface area contributed by atoms with Gasteiger partial charge in [-0.15, -0.1) is 0 Å². The van der Waals surface area contributed by atoms with E-state index in [-0.39, 0.29) is 6.04 Å². The van der Waals surface area contributed by atoms with Crippen molar-refractivity contribution in [1.29, 1.82) is 0 Å². The Morgan fingerprint density at radius 1 is 1.44 bits per heavy atom. The van der Waals surface area contributed by atoms with Crippen molar-refractivity contribution >= 4 is 17.7 Å². The van der Waals surface area contributed by atoms with Crippen LogP contribution in [0.5, 0.6) is 0 Å². The molecule has 0 aromatic carbocycles. The van der Waals surface area contributed by atoms with Crippen LogP contribution in [0.3, 0.4) is 0 Å². The molecule has 18 heavy (non-hydrogen) atoms. The summed E-state index contributed by atoms with van der Waals surface area (Å²) in [7, 11) is 0. The Kier molecular flexibility index (Phi) is 4.96. The molecule has 1 heterocycles. The third-order valence-electron chi connectivity index (χ3n) is 4.44. The van der Waals surface area contributed by atoms with E-state index in [1.165, 1.54) is 19.3 Å². The van der Waals surface area contributed by atoms with Gasteiger partial charge in [-0.25, -0.2) is 0 Å². The fourth-order valence-corrected chi connectivity index (χ4v) is 4.44. The largest absolute Gasteiger partial charge is 0.324 e. The van der Waals surface area contributed by atoms with Crippen LogP contribution in [0, 0.1) is 5.92 Å². The summed E-state index contributed by atoms with van der Waals surface area (Å²) < 4.78 is 0. The SMILES string of the molecule is CCSC1CCCC1N1CNC(C(C)CC)C1=O. The molecule has 1 aliphatic carbocycles. The lowest BCUT2D eigenvalue weighted by molar-refractivity contribution is -0.131. The average Bonchev–Trinajstić information content (AvgIpc) is 2.95. The lowest BCUT2D eigenvalue weighted by Gasteiger charge is -2.29. The normalized spacial score (nSPS) is 34.3. The van der Waals surface area contributed by atoms with Crippen LogP contribution in [0.1, 0.15) is 46.5 Å². The van der Waals surface area contributed by atoms with Crippen LogP contribution < -0.4 is 5.32 Å². The summed E-state index contributed by atoms with van der Waals surface area (Å²) >= 11 is 2.03. The fraction of sp³-hybridized carbons (Fsp3) is 0.929. The molecule has 0 bridgehead atoms. The van der Waals surface area contributed by atoms with Crippen molar-refractivity contribution in [3.63, 3.8) is 0 Å². The highest BCUT2D eigenvalue weighted by Crippen LogP contribution is 2.34. The van der Waals surface area contributed by atoms with Crippen molar-refractivity contribution in [3.05, 3.63) is 0 Å². The number of amides is 1. The molecule has 4 atom stereocenters. The van der Waals surface area contributed by atoms with Crippen LogP contribution in [0.4, 0.5) is 0 Å². The molecule has 1 aliphatic heterocycles. The molecule has 4 unspecified atom stereocenters. The third-order valence-corrected chi connectivity index (χ3v) is 5.75. The van der Waals surface area contributed by atoms with Gasteiger partial charge in [-0.3, -0.25) is 10.1 Å². The molecule has 2 fully saturated rings. The van der Waals surface area contributed by atoms with Crippen molar-refractivity contribution in [1.82, 2.24) is 10.2 Å². The molecule has 2 rings (SSSR count). The van der Waals surface area contributed by atoms with Gasteiger partial charge >= 0.3 is 0 Å². The lowest BCUT2D eigenvalue weighted by atomic mass is 9.99. The molecule has 2 aliphatic rings. The fourth-order valence-electron chi connectivity index (χ4n) is 3.17. The third kappa shape index (κ3) is 2.69. The van der Waals surface area contributed by atoms with Gasteiger partial charge in [-0.05, 0) is 24.5 Å². The Balaban J connectivity index is 2.00. The number of hydrogen-bond donors (Lipinski definition) is 1. The van der Waals surface area contributed by atoms with Crippen LogP contribution >= 0.6 is 11.8 Å². The molecule has 0 radical (unpaired) electrons. The number of nitrogens with one attached hydrogen (secondary N) is 1. The van der Waals surface area contributed by atoms with Crippen LogP contribution in [0.15, 0.2) is 0 Å². The van der Waals surface area contributed by atoms with Gasteiger partial charge in [0.05, 0.1) is 12.7 Å². The minimum atomic E-state index is 0.0582. The minimum Gasteiger partial charge on any atom is -0.324 e. The number of rotatable bonds is 5. The zero-order valence-electron chi connectivity index (χ0n) is 11.8. The standard InChI is InChI=1S/C14H26N2OS/c1-4-10(3)13-14(17)16(9-15-13)11-7-6-8-12(11)18-5-2/h10-13,15H,4-9H2,1-3H3. The van der Waals surface area contributed by atoms with E-state index >= 15 is 0 Å². The average molecular weight is 270 g/mol. The van der Waals surface area contributed by atoms with Crippen molar-refractivity contribution in [3.8, 4) is 0 Å². The van der Waals surface area contributed by atoms with Crippen LogP contribution in [-0.2, 0) is 4.79 Å². The van der Waals surface area contributed by atoms with Gasteiger partial charge in [-0.2, -0.15) is 11.8 Å². The molecule has 0 spiro atoms. The topological polar surface area (TPSA) is 32.3 Å². The van der Waals surface area contributed by atoms with Gasteiger partial charge < -0.3 is 4.90 Å². The quantitative estimate of drug-likeness (QED) is 0.833. The first-order valence-electron chi connectivity index (χ1n) is 7.34. The zero-order chi connectivity index (χ0) is 13.1. The van der Waals surface area contributed by atoms with E-state index in [9.17, 15) is 4.79 Å². The molecule has 104 valence electrons. The predicted octanol–water partition coefficient (Wildman–Crippen LogP) is 2.46. The molecule has 1 saturated carbocycles. The summed E-state index contributed by atoms with van der Waals surface area (Å²) in [6.07, 6.45) is 4.81. The summed E-state index contributed by atoms with van der Waals surface area (Å²) in [6.45, 7) is 7.31. The number of carbonyl (C=O) groups excluding carboxylic acids is 1. The molecule has 1 saturated heterocycles. The first-order valence-corrected chi connectivity index (χ1v) is 8.39. The maximum absolute atomic E-state index is 12.5. The van der Waals surface area contributed by atoms with Gasteiger partial charge in [-0.1, -0.05) is 33.6 Å². The number of nitrogens with zero attached hydrogens (tertiary/aromatic N) is 1. The molecule has 1 amide bonds. The van der Waals surface area contributed by atoms with Crippen LogP contribution in [0.25, 0.3) is 0 Å². The molecule has 3 nitrogen and oxygen atoms in total. The Labute approximate surface area is 115 Å². The van der Waals surface area contributed by atoms with E-state index in [1.54, 1.807) is 0 Å². The van der Waals surface area contributed by atoms with Gasteiger partial charge in [0.2, 0.25) is 5.91 Å². The number of carbonyl (C=O) groups is 1. The van der Waals surface area contributed by atoms with E-state index in [2.05, 4.69) is 31.0 Å². The van der Waals surface area contributed by atoms with Crippen molar-refractivity contribution in [2.45, 2.75) is 63.8 Å². The second-order valence-electron chi connectivity index (χ2n) is 5.53. The van der Waals surface area contributed by atoms with Crippen LogP contribution in [0.2, 0.25) is 0 Å². The Bertz CT molecular complexity index is 298. The van der Waals surface area contributed by atoms with Crippen molar-refractivity contribution in [2.24, 2.45) is 5.92 Å². The number of thioether (sulfide) groups is 1. The Morgan fingerprint density at radius 2 is 2.22 bits per heavy atom. The highest BCUT2D eigenvalue weighted by atomic mass is 32.2. The summed E-state index contributed by atoms with van der Waals surface area (Å²) in [5.74, 6) is 1.95. The monoisotopic (exact) mass is 270 g/mol. The van der Waals surface area contributed by atoms with E-state index in [1.807, 2.05) is 11.8 Å². The summed E-state index contributed by atoms with van der Waals surface area (Å²) in [5, 5.41) is 4.08. The second kappa shape index (κ2) is 6.29. The maximum atomic E-state index is 12.5. The zero-order valence-corrected chi connectivity index (χ0v) is 12.6. The van der Waals surface area contributed by atoms with Gasteiger partial charge in [0.1, 0.15) is 0 Å². The summed E-state index contributed by atoms with van der Waals surface area (Å²) in [6, 6.07) is 0.534. The Hall–Kier alpha value is -0.220. The van der Waals surface area contributed by atoms with Crippen molar-refractivity contribution in [2.75, 3.05) is 12.4 Å². The summed E-state index contributed by atoms with van der Waals surface area (Å²) in [4.78, 5) is 14.6. The molecular weight excluding hydrogens is 244 g/mol. The smallest absolute Gasteiger partial charge is 0.241 e. The van der Waals surface area contributed by atoms with E-state index in [0.717, 1.165) is 18.8 Å². The van der Waals surface area contributed by atoms with Gasteiger partial charge in [0.25, 0.3) is 0 Å². The first kappa shape index (κ1) is 14.2. The molecule has 0 aromatic rings. The maximum Gasteiger partial charge on any atom is 0.241 e. The predicted molar refractivity (Wildman–Crippen MR) is 77.7 cm³/mol. The summed E-state index contributed by atoms with van der Waals surface area (Å²) in [5.41, 5.74) is 0. The Morgan fingerprint density at radius 3 is 2.89 bits per heavy atom. The minimum absolute atomic E-state index is 0.0582. The van der Waals surface area contributed by atoms with E-state index in [4.69, 9.17) is 0 Å². The lowest BCUT2D eigenvalue weighted by Crippen LogP contribution is -2.43. The highest BCUT2D eigenvalue weighted by molar-refractivity contribution is 7.99. The van der Waals surface area contributed by atoms with Crippen LogP contribution in [-0.4, -0.2) is 40.6 Å². The van der Waals surface area contributed by atoms with E-state index in [0.29, 0.717) is 23.1 Å². The molecular formula is C14H26N2OS. The molecule has 1 N–H and O–H groups in total. The highest BCUT2D eigenvalue weighted by Gasteiger charge is 2.41. The van der Waals surface area contributed by atoms with Crippen molar-refractivity contribution < 1.29 is 4.79 Å². The van der Waals surface area contributed by atoms with Gasteiger partial charge in [0, 0.05) is 11.3 Å². The van der Waals surface area contributed by atoms with Gasteiger partial charge in [0.15, 0.2) is 0 Å². The van der Waals surface area contributed by atoms with E-state index < -0.39 is 0 Å². The molecule has 4 heteroatoms. The first-order chi connectivity index (χ1) is 8.69. The number of hydrogen-bond acceptors (Lipinski definition) is 3.